The van der Waals surface area contributed by atoms with Crippen molar-refractivity contribution in [2.24, 2.45) is 0 Å². The Labute approximate surface area is 176 Å². The number of nitrogens with one attached hydrogen (secondary N) is 1. The second kappa shape index (κ2) is 8.91. The molecule has 2 atom stereocenters. The summed E-state index contributed by atoms with van der Waals surface area (Å²) in [7, 11) is -3.88. The van der Waals surface area contributed by atoms with Gasteiger partial charge in [0.1, 0.15) is 5.38 Å². The maximum absolute atomic E-state index is 13.1. The number of alkyl halides is 1. The number of carbonyl (C=O) groups excluding carboxylic acids is 1. The van der Waals surface area contributed by atoms with Crippen LogP contribution >= 0.6 is 11.6 Å². The van der Waals surface area contributed by atoms with Crippen molar-refractivity contribution in [1.29, 1.82) is 0 Å². The fraction of sp³-hybridized carbons (Fsp3) is 0.174. The Morgan fingerprint density at radius 1 is 0.862 bits per heavy atom. The van der Waals surface area contributed by atoms with Crippen LogP contribution in [0.3, 0.4) is 0 Å². The van der Waals surface area contributed by atoms with Crippen molar-refractivity contribution in [2.45, 2.75) is 30.2 Å². The summed E-state index contributed by atoms with van der Waals surface area (Å²) in [6.45, 7) is 3.71. The third kappa shape index (κ3) is 4.93. The minimum absolute atomic E-state index is 0.122. The van der Waals surface area contributed by atoms with Crippen LogP contribution in [0, 0.1) is 13.8 Å². The Morgan fingerprint density at radius 2 is 1.45 bits per heavy atom. The van der Waals surface area contributed by atoms with E-state index >= 15 is 0 Å². The summed E-state index contributed by atoms with van der Waals surface area (Å²) in [6.07, 6.45) is 0. The van der Waals surface area contributed by atoms with Crippen molar-refractivity contribution >= 4 is 27.4 Å². The molecule has 0 aliphatic rings. The van der Waals surface area contributed by atoms with Crippen LogP contribution in [0.2, 0.25) is 0 Å². The van der Waals surface area contributed by atoms with Gasteiger partial charge in [-0.1, -0.05) is 72.3 Å². The molecule has 4 nitrogen and oxygen atoms in total. The molecule has 0 fully saturated rings. The quantitative estimate of drug-likeness (QED) is 0.434. The number of ketones is 1. The first-order chi connectivity index (χ1) is 13.8. The van der Waals surface area contributed by atoms with Gasteiger partial charge in [-0.15, -0.1) is 11.6 Å². The Morgan fingerprint density at radius 3 is 2.07 bits per heavy atom. The molecule has 0 unspecified atom stereocenters. The van der Waals surface area contributed by atoms with Gasteiger partial charge in [-0.2, -0.15) is 0 Å². The number of hydrogen-bond acceptors (Lipinski definition) is 3. The lowest BCUT2D eigenvalue weighted by atomic mass is 9.96. The topological polar surface area (TPSA) is 63.2 Å². The first-order valence-electron chi connectivity index (χ1n) is 9.17. The Hall–Kier alpha value is -2.47. The zero-order chi connectivity index (χ0) is 21.0. The van der Waals surface area contributed by atoms with Crippen LogP contribution in [-0.2, 0) is 10.0 Å². The molecule has 3 rings (SSSR count). The number of sulfonamides is 1. The van der Waals surface area contributed by atoms with E-state index in [-0.39, 0.29) is 10.7 Å². The summed E-state index contributed by atoms with van der Waals surface area (Å²) in [6, 6.07) is 21.6. The first kappa shape index (κ1) is 21.2. The summed E-state index contributed by atoms with van der Waals surface area (Å²) in [4.78, 5) is 13.2. The molecular formula is C23H22ClNO3S. The number of Topliss-reactive ketones (excluding diaryl/α,β-unsaturated/α-hetero) is 1. The van der Waals surface area contributed by atoms with Crippen LogP contribution in [-0.4, -0.2) is 19.6 Å². The number of benzene rings is 3. The fourth-order valence-corrected chi connectivity index (χ4v) is 4.70. The largest absolute Gasteiger partial charge is 0.292 e. The zero-order valence-corrected chi connectivity index (χ0v) is 17.7. The van der Waals surface area contributed by atoms with E-state index in [0.717, 1.165) is 11.1 Å². The molecule has 0 aliphatic heterocycles. The minimum atomic E-state index is -3.88. The summed E-state index contributed by atoms with van der Waals surface area (Å²) in [5.74, 6) is -0.328. The predicted molar refractivity (Wildman–Crippen MR) is 116 cm³/mol. The van der Waals surface area contributed by atoms with Crippen LogP contribution in [0.1, 0.15) is 33.1 Å². The third-order valence-electron chi connectivity index (χ3n) is 4.73. The van der Waals surface area contributed by atoms with Gasteiger partial charge < -0.3 is 0 Å². The first-order valence-corrected chi connectivity index (χ1v) is 11.1. The molecule has 0 amide bonds. The van der Waals surface area contributed by atoms with Crippen LogP contribution < -0.4 is 4.72 Å². The molecular weight excluding hydrogens is 406 g/mol. The average molecular weight is 428 g/mol. The standard InChI is InChI=1S/C23H22ClNO3S/c1-16-12-14-19(15-13-16)29(27,28)25-22(18-9-4-3-5-10-18)21(24)23(26)20-11-7-6-8-17(20)2/h3-15,21-22,25H,1-2H3/t21-,22-/m1/s1. The molecule has 29 heavy (non-hydrogen) atoms. The van der Waals surface area contributed by atoms with E-state index in [4.69, 9.17) is 11.6 Å². The smallest absolute Gasteiger partial charge is 0.241 e. The molecule has 0 aliphatic carbocycles. The molecule has 1 N–H and O–H groups in total. The summed E-state index contributed by atoms with van der Waals surface area (Å²) >= 11 is 6.58. The number of aryl methyl sites for hydroxylation is 2. The van der Waals surface area contributed by atoms with Crippen LogP contribution in [0.5, 0.6) is 0 Å². The summed E-state index contributed by atoms with van der Waals surface area (Å²) in [5.41, 5.74) is 2.83. The third-order valence-corrected chi connectivity index (χ3v) is 6.63. The highest BCUT2D eigenvalue weighted by Gasteiger charge is 2.33. The van der Waals surface area contributed by atoms with E-state index in [9.17, 15) is 13.2 Å². The molecule has 0 aromatic heterocycles. The Bertz CT molecular complexity index is 1100. The predicted octanol–water partition coefficient (Wildman–Crippen LogP) is 4.81. The van der Waals surface area contributed by atoms with E-state index in [2.05, 4.69) is 4.72 Å². The maximum atomic E-state index is 13.1. The fourth-order valence-electron chi connectivity index (χ4n) is 3.06. The number of carbonyl (C=O) groups is 1. The van der Waals surface area contributed by atoms with E-state index < -0.39 is 21.4 Å². The highest BCUT2D eigenvalue weighted by atomic mass is 35.5. The SMILES string of the molecule is Cc1ccc(S(=O)(=O)N[C@H](c2ccccc2)[C@@H](Cl)C(=O)c2ccccc2C)cc1. The van der Waals surface area contributed by atoms with Gasteiger partial charge in [0.2, 0.25) is 10.0 Å². The average Bonchev–Trinajstić information content (AvgIpc) is 2.72. The zero-order valence-electron chi connectivity index (χ0n) is 16.2. The van der Waals surface area contributed by atoms with Crippen molar-refractivity contribution in [3.05, 3.63) is 101 Å². The van der Waals surface area contributed by atoms with Gasteiger partial charge in [-0.25, -0.2) is 13.1 Å². The second-order valence-electron chi connectivity index (χ2n) is 6.90. The van der Waals surface area contributed by atoms with Crippen molar-refractivity contribution in [1.82, 2.24) is 4.72 Å². The number of halogens is 1. The summed E-state index contributed by atoms with van der Waals surface area (Å²) < 4.78 is 28.6. The molecule has 0 bridgehead atoms. The highest BCUT2D eigenvalue weighted by molar-refractivity contribution is 7.89. The Kier molecular flexibility index (Phi) is 6.52. The summed E-state index contributed by atoms with van der Waals surface area (Å²) in [5, 5.41) is -1.11. The second-order valence-corrected chi connectivity index (χ2v) is 9.09. The van der Waals surface area contributed by atoms with Crippen molar-refractivity contribution in [3.8, 4) is 0 Å². The molecule has 0 heterocycles. The minimum Gasteiger partial charge on any atom is -0.292 e. The lowest BCUT2D eigenvalue weighted by Crippen LogP contribution is -2.37. The lowest BCUT2D eigenvalue weighted by Gasteiger charge is -2.24. The molecule has 6 heteroatoms. The van der Waals surface area contributed by atoms with Gasteiger partial charge in [0.15, 0.2) is 5.78 Å². The van der Waals surface area contributed by atoms with Crippen molar-refractivity contribution in [3.63, 3.8) is 0 Å². The lowest BCUT2D eigenvalue weighted by molar-refractivity contribution is 0.0976. The molecule has 0 radical (unpaired) electrons. The Balaban J connectivity index is 1.98. The van der Waals surface area contributed by atoms with E-state index in [0.29, 0.717) is 11.1 Å². The number of rotatable bonds is 7. The molecule has 3 aromatic rings. The van der Waals surface area contributed by atoms with E-state index in [1.54, 1.807) is 48.5 Å². The normalized spacial score (nSPS) is 13.6. The molecule has 150 valence electrons. The highest BCUT2D eigenvalue weighted by Crippen LogP contribution is 2.27. The van der Waals surface area contributed by atoms with Gasteiger partial charge in [0.05, 0.1) is 10.9 Å². The van der Waals surface area contributed by atoms with Gasteiger partial charge in [-0.3, -0.25) is 4.79 Å². The van der Waals surface area contributed by atoms with Crippen LogP contribution in [0.15, 0.2) is 83.8 Å². The van der Waals surface area contributed by atoms with Crippen molar-refractivity contribution in [2.75, 3.05) is 0 Å². The van der Waals surface area contributed by atoms with Gasteiger partial charge in [0, 0.05) is 5.56 Å². The molecule has 3 aromatic carbocycles. The molecule has 0 saturated heterocycles. The van der Waals surface area contributed by atoms with Gasteiger partial charge in [-0.05, 0) is 37.1 Å². The van der Waals surface area contributed by atoms with Crippen molar-refractivity contribution < 1.29 is 13.2 Å². The van der Waals surface area contributed by atoms with Gasteiger partial charge >= 0.3 is 0 Å². The molecule has 0 spiro atoms. The van der Waals surface area contributed by atoms with Crippen LogP contribution in [0.25, 0.3) is 0 Å². The number of hydrogen-bond donors (Lipinski definition) is 1. The monoisotopic (exact) mass is 427 g/mol. The van der Waals surface area contributed by atoms with Gasteiger partial charge in [0.25, 0.3) is 0 Å². The van der Waals surface area contributed by atoms with E-state index in [1.165, 1.54) is 12.1 Å². The molecule has 0 saturated carbocycles. The van der Waals surface area contributed by atoms with E-state index in [1.807, 2.05) is 32.0 Å². The maximum Gasteiger partial charge on any atom is 0.241 e. The van der Waals surface area contributed by atoms with Crippen LogP contribution in [0.4, 0.5) is 0 Å².